The molecule has 0 N–H and O–H groups in total. The average molecular weight is 268 g/mol. The molecule has 2 aromatic heterocycles. The maximum atomic E-state index is 11.7. The quantitative estimate of drug-likeness (QED) is 0.664. The van der Waals surface area contributed by atoms with Crippen molar-refractivity contribution in [2.24, 2.45) is 0 Å². The first kappa shape index (κ1) is 12.3. The van der Waals surface area contributed by atoms with Crippen molar-refractivity contribution >= 4 is 16.9 Å². The number of benzene rings is 1. The van der Waals surface area contributed by atoms with Crippen LogP contribution in [-0.2, 0) is 4.74 Å². The Bertz CT molecular complexity index is 795. The van der Waals surface area contributed by atoms with Crippen molar-refractivity contribution < 1.29 is 9.53 Å². The average Bonchev–Trinajstić information content (AvgIpc) is 2.88. The minimum Gasteiger partial charge on any atom is -0.464 e. The molecule has 0 bridgehead atoms. The van der Waals surface area contributed by atoms with Crippen LogP contribution in [0, 0.1) is 6.92 Å². The fourth-order valence-corrected chi connectivity index (χ4v) is 1.97. The molecule has 0 saturated carbocycles. The summed E-state index contributed by atoms with van der Waals surface area (Å²) in [5.74, 6) is -0.125. The highest BCUT2D eigenvalue weighted by Crippen LogP contribution is 2.14. The summed E-state index contributed by atoms with van der Waals surface area (Å²) in [4.78, 5) is 20.4. The lowest BCUT2D eigenvalue weighted by Gasteiger charge is -2.05. The second-order valence-electron chi connectivity index (χ2n) is 4.30. The van der Waals surface area contributed by atoms with Crippen molar-refractivity contribution in [1.29, 1.82) is 0 Å². The lowest BCUT2D eigenvalue weighted by molar-refractivity contribution is 0.0590. The molecule has 0 unspecified atom stereocenters. The third kappa shape index (κ3) is 2.01. The van der Waals surface area contributed by atoms with Crippen LogP contribution in [0.1, 0.15) is 16.2 Å². The first-order chi connectivity index (χ1) is 9.69. The second kappa shape index (κ2) is 4.73. The van der Waals surface area contributed by atoms with E-state index in [-0.39, 0.29) is 0 Å². The lowest BCUT2D eigenvalue weighted by atomic mass is 10.2. The second-order valence-corrected chi connectivity index (χ2v) is 4.30. The highest BCUT2D eigenvalue weighted by atomic mass is 16.5. The van der Waals surface area contributed by atoms with Crippen LogP contribution in [0.5, 0.6) is 0 Å². The van der Waals surface area contributed by atoms with Gasteiger partial charge in [-0.25, -0.2) is 14.8 Å². The zero-order valence-corrected chi connectivity index (χ0v) is 11.1. The number of methoxy groups -OCH3 is 1. The van der Waals surface area contributed by atoms with Crippen molar-refractivity contribution in [3.63, 3.8) is 0 Å². The molecule has 3 aromatic rings. The van der Waals surface area contributed by atoms with Crippen LogP contribution in [-0.4, -0.2) is 32.8 Å². The third-order valence-corrected chi connectivity index (χ3v) is 2.89. The molecule has 0 saturated heterocycles. The molecule has 20 heavy (non-hydrogen) atoms. The van der Waals surface area contributed by atoms with Gasteiger partial charge in [-0.3, -0.25) is 0 Å². The molecular weight excluding hydrogens is 256 g/mol. The Morgan fingerprint density at radius 2 is 2.10 bits per heavy atom. The van der Waals surface area contributed by atoms with Gasteiger partial charge in [0, 0.05) is 11.6 Å². The Hall–Kier alpha value is -2.76. The van der Waals surface area contributed by atoms with E-state index >= 15 is 0 Å². The molecule has 0 atom stereocenters. The highest BCUT2D eigenvalue weighted by molar-refractivity contribution is 5.88. The van der Waals surface area contributed by atoms with Crippen molar-refractivity contribution in [2.45, 2.75) is 6.92 Å². The SMILES string of the molecule is COC(=O)c1cc(C)nn1-c1ncc2ccccc2n1. The number of carbonyl (C=O) groups excluding carboxylic acids is 1. The molecule has 0 fully saturated rings. The van der Waals surface area contributed by atoms with E-state index in [4.69, 9.17) is 4.74 Å². The number of hydrogen-bond donors (Lipinski definition) is 0. The number of ether oxygens (including phenoxy) is 1. The standard InChI is InChI=1S/C14H12N4O2/c1-9-7-12(13(19)20-2)18(17-9)14-15-8-10-5-3-4-6-11(10)16-14/h3-8H,1-2H3. The van der Waals surface area contributed by atoms with Crippen molar-refractivity contribution in [3.05, 3.63) is 47.9 Å². The van der Waals surface area contributed by atoms with Gasteiger partial charge in [0.2, 0.25) is 0 Å². The summed E-state index contributed by atoms with van der Waals surface area (Å²) in [6, 6.07) is 9.27. The van der Waals surface area contributed by atoms with E-state index in [0.717, 1.165) is 10.9 Å². The molecule has 6 heteroatoms. The number of esters is 1. The van der Waals surface area contributed by atoms with Crippen molar-refractivity contribution in [3.8, 4) is 5.95 Å². The van der Waals surface area contributed by atoms with Crippen LogP contribution in [0.2, 0.25) is 0 Å². The van der Waals surface area contributed by atoms with E-state index in [1.165, 1.54) is 11.8 Å². The smallest absolute Gasteiger partial charge is 0.356 e. The summed E-state index contributed by atoms with van der Waals surface area (Å²) in [6.45, 7) is 1.80. The largest absolute Gasteiger partial charge is 0.464 e. The van der Waals surface area contributed by atoms with Crippen molar-refractivity contribution in [1.82, 2.24) is 19.7 Å². The topological polar surface area (TPSA) is 69.9 Å². The molecule has 0 aliphatic rings. The van der Waals surface area contributed by atoms with Gasteiger partial charge in [0.15, 0.2) is 5.69 Å². The van der Waals surface area contributed by atoms with Crippen LogP contribution in [0.3, 0.4) is 0 Å². The fraction of sp³-hybridized carbons (Fsp3) is 0.143. The van der Waals surface area contributed by atoms with Gasteiger partial charge in [0.1, 0.15) is 0 Å². The van der Waals surface area contributed by atoms with Gasteiger partial charge in [-0.15, -0.1) is 0 Å². The van der Waals surface area contributed by atoms with Gasteiger partial charge < -0.3 is 4.74 Å². The molecular formula is C14H12N4O2. The first-order valence-corrected chi connectivity index (χ1v) is 6.06. The summed E-state index contributed by atoms with van der Waals surface area (Å²) in [5, 5.41) is 5.18. The van der Waals surface area contributed by atoms with Crippen LogP contribution >= 0.6 is 0 Å². The van der Waals surface area contributed by atoms with E-state index in [1.807, 2.05) is 24.3 Å². The highest BCUT2D eigenvalue weighted by Gasteiger charge is 2.17. The third-order valence-electron chi connectivity index (χ3n) is 2.89. The Balaban J connectivity index is 2.17. The summed E-state index contributed by atoms with van der Waals surface area (Å²) >= 11 is 0. The van der Waals surface area contributed by atoms with Gasteiger partial charge in [0.25, 0.3) is 5.95 Å². The zero-order chi connectivity index (χ0) is 14.1. The summed E-state index contributed by atoms with van der Waals surface area (Å²) in [6.07, 6.45) is 1.70. The summed E-state index contributed by atoms with van der Waals surface area (Å²) < 4.78 is 6.14. The summed E-state index contributed by atoms with van der Waals surface area (Å²) in [7, 11) is 1.33. The lowest BCUT2D eigenvalue weighted by Crippen LogP contribution is -2.12. The van der Waals surface area contributed by atoms with E-state index in [1.54, 1.807) is 19.2 Å². The van der Waals surface area contributed by atoms with Gasteiger partial charge in [-0.2, -0.15) is 9.78 Å². The number of carbonyl (C=O) groups is 1. The Morgan fingerprint density at radius 1 is 1.30 bits per heavy atom. The Morgan fingerprint density at radius 3 is 2.90 bits per heavy atom. The molecule has 100 valence electrons. The Kier molecular flexibility index (Phi) is 2.90. The first-order valence-electron chi connectivity index (χ1n) is 6.06. The van der Waals surface area contributed by atoms with Gasteiger partial charge >= 0.3 is 5.97 Å². The molecule has 0 radical (unpaired) electrons. The molecule has 0 amide bonds. The minimum absolute atomic E-state index is 0.306. The molecule has 0 aliphatic carbocycles. The predicted molar refractivity (Wildman–Crippen MR) is 72.7 cm³/mol. The number of aromatic nitrogens is 4. The molecule has 0 aliphatic heterocycles. The monoisotopic (exact) mass is 268 g/mol. The minimum atomic E-state index is -0.470. The number of aryl methyl sites for hydroxylation is 1. The maximum Gasteiger partial charge on any atom is 0.356 e. The fourth-order valence-electron chi connectivity index (χ4n) is 1.97. The van der Waals surface area contributed by atoms with Crippen LogP contribution in [0.4, 0.5) is 0 Å². The molecule has 3 rings (SSSR count). The normalized spacial score (nSPS) is 10.7. The number of nitrogens with zero attached hydrogens (tertiary/aromatic N) is 4. The van der Waals surface area contributed by atoms with Crippen molar-refractivity contribution in [2.75, 3.05) is 7.11 Å². The number of hydrogen-bond acceptors (Lipinski definition) is 5. The number of para-hydroxylation sites is 1. The van der Waals surface area contributed by atoms with Crippen LogP contribution in [0.15, 0.2) is 36.5 Å². The van der Waals surface area contributed by atoms with Gasteiger partial charge in [-0.1, -0.05) is 18.2 Å². The molecule has 2 heterocycles. The number of fused-ring (bicyclic) bond motifs is 1. The van der Waals surface area contributed by atoms with E-state index < -0.39 is 5.97 Å². The van der Waals surface area contributed by atoms with E-state index in [9.17, 15) is 4.79 Å². The maximum absolute atomic E-state index is 11.7. The Labute approximate surface area is 115 Å². The molecule has 6 nitrogen and oxygen atoms in total. The van der Waals surface area contributed by atoms with Gasteiger partial charge in [-0.05, 0) is 19.1 Å². The van der Waals surface area contributed by atoms with E-state index in [2.05, 4.69) is 15.1 Å². The van der Waals surface area contributed by atoms with E-state index in [0.29, 0.717) is 17.3 Å². The van der Waals surface area contributed by atoms with Crippen LogP contribution in [0.25, 0.3) is 16.9 Å². The number of rotatable bonds is 2. The predicted octanol–water partition coefficient (Wildman–Crippen LogP) is 1.91. The zero-order valence-electron chi connectivity index (χ0n) is 11.1. The molecule has 1 aromatic carbocycles. The molecule has 0 spiro atoms. The van der Waals surface area contributed by atoms with Crippen LogP contribution < -0.4 is 0 Å². The summed E-state index contributed by atoms with van der Waals surface area (Å²) in [5.41, 5.74) is 1.80. The van der Waals surface area contributed by atoms with Gasteiger partial charge in [0.05, 0.1) is 18.3 Å².